The molecule has 0 atom stereocenters. The second-order valence-corrected chi connectivity index (χ2v) is 4.87. The van der Waals surface area contributed by atoms with Crippen molar-refractivity contribution >= 4 is 21.9 Å². The van der Waals surface area contributed by atoms with E-state index in [1.54, 1.807) is 6.92 Å². The SMILES string of the molecule is Cc1cc(C(=O)O)cnc1Oc1cc(Br)cc(F)c1F. The maximum Gasteiger partial charge on any atom is 0.337 e. The average Bonchev–Trinajstić information content (AvgIpc) is 2.37. The summed E-state index contributed by atoms with van der Waals surface area (Å²) in [4.78, 5) is 14.6. The van der Waals surface area contributed by atoms with E-state index in [9.17, 15) is 13.6 Å². The molecule has 1 aromatic carbocycles. The first kappa shape index (κ1) is 14.4. The fourth-order valence-electron chi connectivity index (χ4n) is 1.50. The van der Waals surface area contributed by atoms with Crippen LogP contribution >= 0.6 is 15.9 Å². The lowest BCUT2D eigenvalue weighted by molar-refractivity contribution is 0.0696. The molecule has 1 heterocycles. The van der Waals surface area contributed by atoms with Crippen molar-refractivity contribution in [2.75, 3.05) is 0 Å². The van der Waals surface area contributed by atoms with Gasteiger partial charge in [0, 0.05) is 16.2 Å². The first-order valence-electron chi connectivity index (χ1n) is 5.41. The predicted octanol–water partition coefficient (Wildman–Crippen LogP) is 3.92. The lowest BCUT2D eigenvalue weighted by atomic mass is 10.2. The van der Waals surface area contributed by atoms with Crippen LogP contribution in [-0.4, -0.2) is 16.1 Å². The minimum atomic E-state index is -1.14. The van der Waals surface area contributed by atoms with Crippen LogP contribution in [0, 0.1) is 18.6 Å². The Bertz CT molecular complexity index is 692. The van der Waals surface area contributed by atoms with Gasteiger partial charge in [0.25, 0.3) is 0 Å². The van der Waals surface area contributed by atoms with Crippen molar-refractivity contribution < 1.29 is 23.4 Å². The van der Waals surface area contributed by atoms with Crippen LogP contribution in [0.2, 0.25) is 0 Å². The second-order valence-electron chi connectivity index (χ2n) is 3.95. The molecule has 2 aromatic rings. The molecule has 0 aliphatic carbocycles. The summed E-state index contributed by atoms with van der Waals surface area (Å²) in [5, 5.41) is 8.81. The molecule has 7 heteroatoms. The van der Waals surface area contributed by atoms with Gasteiger partial charge in [0.05, 0.1) is 5.56 Å². The summed E-state index contributed by atoms with van der Waals surface area (Å²) in [7, 11) is 0. The molecule has 0 fully saturated rings. The highest BCUT2D eigenvalue weighted by atomic mass is 79.9. The highest BCUT2D eigenvalue weighted by Crippen LogP contribution is 2.30. The number of nitrogens with zero attached hydrogens (tertiary/aromatic N) is 1. The third kappa shape index (κ3) is 2.93. The van der Waals surface area contributed by atoms with Crippen molar-refractivity contribution in [2.45, 2.75) is 6.92 Å². The number of halogens is 3. The lowest BCUT2D eigenvalue weighted by Gasteiger charge is -2.09. The van der Waals surface area contributed by atoms with Crippen molar-refractivity contribution in [1.82, 2.24) is 4.98 Å². The number of ether oxygens (including phenoxy) is 1. The van der Waals surface area contributed by atoms with Gasteiger partial charge >= 0.3 is 5.97 Å². The highest BCUT2D eigenvalue weighted by molar-refractivity contribution is 9.10. The number of aryl methyl sites for hydroxylation is 1. The number of carboxylic acid groups (broad SMARTS) is 1. The average molecular weight is 344 g/mol. The fraction of sp³-hybridized carbons (Fsp3) is 0.0769. The summed E-state index contributed by atoms with van der Waals surface area (Å²) in [6, 6.07) is 3.55. The van der Waals surface area contributed by atoms with Crippen LogP contribution in [0.15, 0.2) is 28.9 Å². The Morgan fingerprint density at radius 1 is 1.35 bits per heavy atom. The minimum Gasteiger partial charge on any atom is -0.478 e. The van der Waals surface area contributed by atoms with Gasteiger partial charge in [-0.2, -0.15) is 4.39 Å². The molecule has 0 saturated heterocycles. The molecule has 2 rings (SSSR count). The van der Waals surface area contributed by atoms with Crippen LogP contribution in [0.1, 0.15) is 15.9 Å². The van der Waals surface area contributed by atoms with Crippen molar-refractivity contribution in [3.8, 4) is 11.6 Å². The molecule has 0 saturated carbocycles. The smallest absolute Gasteiger partial charge is 0.337 e. The molecule has 0 unspecified atom stereocenters. The number of pyridine rings is 1. The summed E-state index contributed by atoms with van der Waals surface area (Å²) < 4.78 is 32.3. The van der Waals surface area contributed by atoms with Crippen LogP contribution in [0.25, 0.3) is 0 Å². The van der Waals surface area contributed by atoms with Crippen LogP contribution in [0.4, 0.5) is 8.78 Å². The molecule has 0 aliphatic heterocycles. The maximum absolute atomic E-state index is 13.6. The summed E-state index contributed by atoms with van der Waals surface area (Å²) in [5.41, 5.74) is 0.375. The Morgan fingerprint density at radius 2 is 2.05 bits per heavy atom. The summed E-state index contributed by atoms with van der Waals surface area (Å²) in [6.07, 6.45) is 1.08. The quantitative estimate of drug-likeness (QED) is 0.858. The number of rotatable bonds is 3. The van der Waals surface area contributed by atoms with Crippen molar-refractivity contribution in [1.29, 1.82) is 0 Å². The van der Waals surface area contributed by atoms with Gasteiger partial charge in [-0.05, 0) is 25.1 Å². The fourth-order valence-corrected chi connectivity index (χ4v) is 1.91. The zero-order valence-corrected chi connectivity index (χ0v) is 11.7. The number of carbonyl (C=O) groups is 1. The zero-order valence-electron chi connectivity index (χ0n) is 10.2. The molecular formula is C13H8BrF2NO3. The van der Waals surface area contributed by atoms with Gasteiger partial charge in [0.15, 0.2) is 11.6 Å². The number of aromatic nitrogens is 1. The molecule has 0 amide bonds. The van der Waals surface area contributed by atoms with Gasteiger partial charge in [-0.1, -0.05) is 15.9 Å². The summed E-state index contributed by atoms with van der Waals surface area (Å²) in [6.45, 7) is 1.56. The van der Waals surface area contributed by atoms with Crippen LogP contribution in [0.5, 0.6) is 11.6 Å². The van der Waals surface area contributed by atoms with Crippen LogP contribution < -0.4 is 4.74 Å². The molecule has 0 aliphatic rings. The van der Waals surface area contributed by atoms with E-state index in [1.165, 1.54) is 12.1 Å². The summed E-state index contributed by atoms with van der Waals surface area (Å²) >= 11 is 3.02. The minimum absolute atomic E-state index is 0.00593. The first-order valence-corrected chi connectivity index (χ1v) is 6.20. The highest BCUT2D eigenvalue weighted by Gasteiger charge is 2.15. The number of hydrogen-bond donors (Lipinski definition) is 1. The molecule has 4 nitrogen and oxygen atoms in total. The Hall–Kier alpha value is -2.02. The topological polar surface area (TPSA) is 59.4 Å². The molecule has 20 heavy (non-hydrogen) atoms. The van der Waals surface area contributed by atoms with Crippen molar-refractivity contribution in [2.24, 2.45) is 0 Å². The Kier molecular flexibility index (Phi) is 3.99. The van der Waals surface area contributed by atoms with Gasteiger partial charge in [0.2, 0.25) is 11.7 Å². The molecule has 0 radical (unpaired) electrons. The van der Waals surface area contributed by atoms with E-state index < -0.39 is 17.6 Å². The van der Waals surface area contributed by atoms with E-state index in [0.717, 1.165) is 12.3 Å². The van der Waals surface area contributed by atoms with E-state index in [4.69, 9.17) is 9.84 Å². The van der Waals surface area contributed by atoms with E-state index in [1.807, 2.05) is 0 Å². The predicted molar refractivity (Wildman–Crippen MR) is 70.1 cm³/mol. The third-order valence-corrected chi connectivity index (χ3v) is 2.90. The van der Waals surface area contributed by atoms with Crippen LogP contribution in [-0.2, 0) is 0 Å². The lowest BCUT2D eigenvalue weighted by Crippen LogP contribution is -2.01. The standard InChI is InChI=1S/C13H8BrF2NO3/c1-6-2-7(13(18)19)5-17-12(6)20-10-4-8(14)3-9(15)11(10)16/h2-5H,1H3,(H,18,19). The van der Waals surface area contributed by atoms with E-state index in [-0.39, 0.29) is 17.2 Å². The molecule has 0 bridgehead atoms. The Labute approximate surface area is 121 Å². The maximum atomic E-state index is 13.6. The van der Waals surface area contributed by atoms with Crippen molar-refractivity contribution in [3.63, 3.8) is 0 Å². The largest absolute Gasteiger partial charge is 0.478 e. The van der Waals surface area contributed by atoms with E-state index >= 15 is 0 Å². The summed E-state index contributed by atoms with van der Waals surface area (Å²) in [5.74, 6) is -3.67. The zero-order chi connectivity index (χ0) is 14.9. The van der Waals surface area contributed by atoms with Gasteiger partial charge in [-0.25, -0.2) is 14.2 Å². The first-order chi connectivity index (χ1) is 9.38. The third-order valence-electron chi connectivity index (χ3n) is 2.44. The Morgan fingerprint density at radius 3 is 2.65 bits per heavy atom. The molecule has 1 N–H and O–H groups in total. The number of carboxylic acids is 1. The molecule has 1 aromatic heterocycles. The number of benzene rings is 1. The van der Waals surface area contributed by atoms with Crippen molar-refractivity contribution in [3.05, 3.63) is 51.6 Å². The van der Waals surface area contributed by atoms with E-state index in [0.29, 0.717) is 10.0 Å². The molecule has 0 spiro atoms. The molecular weight excluding hydrogens is 336 g/mol. The normalized spacial score (nSPS) is 10.4. The van der Waals surface area contributed by atoms with Crippen LogP contribution in [0.3, 0.4) is 0 Å². The second kappa shape index (κ2) is 5.54. The monoisotopic (exact) mass is 343 g/mol. The van der Waals surface area contributed by atoms with Gasteiger partial charge < -0.3 is 9.84 Å². The Balaban J connectivity index is 2.38. The molecule has 104 valence electrons. The van der Waals surface area contributed by atoms with Gasteiger partial charge in [-0.3, -0.25) is 0 Å². The van der Waals surface area contributed by atoms with Gasteiger partial charge in [0.1, 0.15) is 0 Å². The van der Waals surface area contributed by atoms with E-state index in [2.05, 4.69) is 20.9 Å². The van der Waals surface area contributed by atoms with Gasteiger partial charge in [-0.15, -0.1) is 0 Å². The number of aromatic carboxylic acids is 1. The number of hydrogen-bond acceptors (Lipinski definition) is 3.